The summed E-state index contributed by atoms with van der Waals surface area (Å²) in [6.45, 7) is 5.70. The molecule has 0 amide bonds. The Labute approximate surface area is 129 Å². The molecule has 1 aromatic carbocycles. The third-order valence-corrected chi connectivity index (χ3v) is 4.67. The van der Waals surface area contributed by atoms with Gasteiger partial charge >= 0.3 is 0 Å². The number of nitrogens with zero attached hydrogens (tertiary/aromatic N) is 1. The van der Waals surface area contributed by atoms with Gasteiger partial charge in [0.1, 0.15) is 5.75 Å². The first-order chi connectivity index (χ1) is 10.2. The van der Waals surface area contributed by atoms with Crippen LogP contribution in [0, 0.1) is 0 Å². The van der Waals surface area contributed by atoms with Gasteiger partial charge in [0.15, 0.2) is 0 Å². The molecule has 21 heavy (non-hydrogen) atoms. The highest BCUT2D eigenvalue weighted by Crippen LogP contribution is 2.22. The standard InChI is InChI=1S/C18H30N2O/c1-5-17(13-19-16-10-11-16)20(3)14(2)12-15-8-6-7-9-18(15)21-4/h6-9,14,16-17,19H,5,10-13H2,1-4H3. The highest BCUT2D eigenvalue weighted by atomic mass is 16.5. The summed E-state index contributed by atoms with van der Waals surface area (Å²) in [5, 5.41) is 3.66. The Morgan fingerprint density at radius 3 is 2.67 bits per heavy atom. The van der Waals surface area contributed by atoms with Gasteiger partial charge in [-0.15, -0.1) is 0 Å². The van der Waals surface area contributed by atoms with Crippen LogP contribution < -0.4 is 10.1 Å². The Kier molecular flexibility index (Phi) is 6.07. The largest absolute Gasteiger partial charge is 0.496 e. The number of nitrogens with one attached hydrogen (secondary N) is 1. The number of benzene rings is 1. The molecule has 2 unspecified atom stereocenters. The quantitative estimate of drug-likeness (QED) is 0.756. The van der Waals surface area contributed by atoms with Crippen molar-refractivity contribution in [1.82, 2.24) is 10.2 Å². The van der Waals surface area contributed by atoms with Gasteiger partial charge in [0.2, 0.25) is 0 Å². The zero-order valence-electron chi connectivity index (χ0n) is 13.9. The molecule has 1 aromatic rings. The Balaban J connectivity index is 1.91. The first-order valence-corrected chi connectivity index (χ1v) is 8.22. The second-order valence-corrected chi connectivity index (χ2v) is 6.28. The number of hydrogen-bond donors (Lipinski definition) is 1. The van der Waals surface area contributed by atoms with Gasteiger partial charge < -0.3 is 10.1 Å². The molecular weight excluding hydrogens is 260 g/mol. The smallest absolute Gasteiger partial charge is 0.122 e. The van der Waals surface area contributed by atoms with Crippen molar-refractivity contribution in [2.24, 2.45) is 0 Å². The number of para-hydroxylation sites is 1. The van der Waals surface area contributed by atoms with Crippen LogP contribution in [0.2, 0.25) is 0 Å². The minimum absolute atomic E-state index is 0.507. The molecule has 1 N–H and O–H groups in total. The van der Waals surface area contributed by atoms with Crippen LogP contribution in [-0.2, 0) is 6.42 Å². The monoisotopic (exact) mass is 290 g/mol. The molecule has 3 nitrogen and oxygen atoms in total. The van der Waals surface area contributed by atoms with Gasteiger partial charge in [-0.1, -0.05) is 25.1 Å². The van der Waals surface area contributed by atoms with E-state index in [1.54, 1.807) is 7.11 Å². The van der Waals surface area contributed by atoms with Gasteiger partial charge in [-0.25, -0.2) is 0 Å². The van der Waals surface area contributed by atoms with Crippen molar-refractivity contribution in [3.63, 3.8) is 0 Å². The van der Waals surface area contributed by atoms with Crippen molar-refractivity contribution >= 4 is 0 Å². The molecule has 0 aliphatic heterocycles. The van der Waals surface area contributed by atoms with E-state index in [0.717, 1.165) is 24.8 Å². The molecule has 118 valence electrons. The normalized spacial score (nSPS) is 17.8. The van der Waals surface area contributed by atoms with Crippen LogP contribution in [0.15, 0.2) is 24.3 Å². The van der Waals surface area contributed by atoms with Crippen LogP contribution >= 0.6 is 0 Å². The molecule has 1 aliphatic carbocycles. The van der Waals surface area contributed by atoms with Crippen LogP contribution in [0.4, 0.5) is 0 Å². The fourth-order valence-electron chi connectivity index (χ4n) is 2.86. The first-order valence-electron chi connectivity index (χ1n) is 8.22. The minimum Gasteiger partial charge on any atom is -0.496 e. The van der Waals surface area contributed by atoms with Crippen LogP contribution in [0.1, 0.15) is 38.7 Å². The maximum absolute atomic E-state index is 5.47. The Morgan fingerprint density at radius 2 is 2.05 bits per heavy atom. The zero-order chi connectivity index (χ0) is 15.2. The molecule has 1 aliphatic rings. The average Bonchev–Trinajstić information content (AvgIpc) is 3.32. The number of rotatable bonds is 9. The second kappa shape index (κ2) is 7.81. The van der Waals surface area contributed by atoms with Gasteiger partial charge in [0, 0.05) is 24.7 Å². The fourth-order valence-corrected chi connectivity index (χ4v) is 2.86. The van der Waals surface area contributed by atoms with Gasteiger partial charge in [-0.05, 0) is 51.3 Å². The van der Waals surface area contributed by atoms with Crippen molar-refractivity contribution in [1.29, 1.82) is 0 Å². The second-order valence-electron chi connectivity index (χ2n) is 6.28. The predicted octanol–water partition coefficient (Wildman–Crippen LogP) is 3.09. The van der Waals surface area contributed by atoms with Crippen LogP contribution in [0.3, 0.4) is 0 Å². The minimum atomic E-state index is 0.507. The van der Waals surface area contributed by atoms with E-state index in [1.807, 2.05) is 12.1 Å². The maximum atomic E-state index is 5.47. The molecule has 2 atom stereocenters. The van der Waals surface area contributed by atoms with E-state index in [1.165, 1.54) is 24.8 Å². The van der Waals surface area contributed by atoms with E-state index in [9.17, 15) is 0 Å². The van der Waals surface area contributed by atoms with Crippen molar-refractivity contribution in [2.75, 3.05) is 20.7 Å². The molecular formula is C18H30N2O. The van der Waals surface area contributed by atoms with E-state index in [-0.39, 0.29) is 0 Å². The number of methoxy groups -OCH3 is 1. The summed E-state index contributed by atoms with van der Waals surface area (Å²) >= 11 is 0. The molecule has 1 fully saturated rings. The van der Waals surface area contributed by atoms with E-state index < -0.39 is 0 Å². The van der Waals surface area contributed by atoms with Gasteiger partial charge in [-0.3, -0.25) is 4.90 Å². The number of hydrogen-bond acceptors (Lipinski definition) is 3. The van der Waals surface area contributed by atoms with E-state index in [0.29, 0.717) is 12.1 Å². The number of likely N-dealkylation sites (N-methyl/N-ethyl adjacent to an activating group) is 1. The fraction of sp³-hybridized carbons (Fsp3) is 0.667. The van der Waals surface area contributed by atoms with Gasteiger partial charge in [0.25, 0.3) is 0 Å². The summed E-state index contributed by atoms with van der Waals surface area (Å²) < 4.78 is 5.47. The summed E-state index contributed by atoms with van der Waals surface area (Å²) in [7, 11) is 4.00. The van der Waals surface area contributed by atoms with Crippen molar-refractivity contribution < 1.29 is 4.74 Å². The van der Waals surface area contributed by atoms with Gasteiger partial charge in [-0.2, -0.15) is 0 Å². The predicted molar refractivity (Wildman–Crippen MR) is 89.0 cm³/mol. The third-order valence-electron chi connectivity index (χ3n) is 4.67. The van der Waals surface area contributed by atoms with Crippen molar-refractivity contribution in [3.05, 3.63) is 29.8 Å². The topological polar surface area (TPSA) is 24.5 Å². The third kappa shape index (κ3) is 4.72. The lowest BCUT2D eigenvalue weighted by Crippen LogP contribution is -2.45. The van der Waals surface area contributed by atoms with Crippen LogP contribution in [-0.4, -0.2) is 43.7 Å². The Morgan fingerprint density at radius 1 is 1.33 bits per heavy atom. The summed E-state index contributed by atoms with van der Waals surface area (Å²) in [5.74, 6) is 1.00. The maximum Gasteiger partial charge on any atom is 0.122 e. The molecule has 0 bridgehead atoms. The lowest BCUT2D eigenvalue weighted by Gasteiger charge is -2.33. The molecule has 0 spiro atoms. The summed E-state index contributed by atoms with van der Waals surface area (Å²) in [6, 6.07) is 10.3. The molecule has 0 aromatic heterocycles. The van der Waals surface area contributed by atoms with Crippen molar-refractivity contribution in [3.8, 4) is 5.75 Å². The molecule has 0 saturated heterocycles. The molecule has 0 radical (unpaired) electrons. The SMILES string of the molecule is CCC(CNC1CC1)N(C)C(C)Cc1ccccc1OC. The molecule has 2 rings (SSSR count). The van der Waals surface area contributed by atoms with E-state index >= 15 is 0 Å². The highest BCUT2D eigenvalue weighted by molar-refractivity contribution is 5.33. The molecule has 0 heterocycles. The molecule has 1 saturated carbocycles. The number of ether oxygens (including phenoxy) is 1. The summed E-state index contributed by atoms with van der Waals surface area (Å²) in [6.07, 6.45) is 4.93. The summed E-state index contributed by atoms with van der Waals surface area (Å²) in [5.41, 5.74) is 1.30. The highest BCUT2D eigenvalue weighted by Gasteiger charge is 2.24. The molecule has 3 heteroatoms. The summed E-state index contributed by atoms with van der Waals surface area (Å²) in [4.78, 5) is 2.52. The average molecular weight is 290 g/mol. The van der Waals surface area contributed by atoms with E-state index in [4.69, 9.17) is 4.74 Å². The van der Waals surface area contributed by atoms with Crippen LogP contribution in [0.5, 0.6) is 5.75 Å². The van der Waals surface area contributed by atoms with Crippen LogP contribution in [0.25, 0.3) is 0 Å². The Bertz CT molecular complexity index is 431. The lowest BCUT2D eigenvalue weighted by atomic mass is 10.0. The van der Waals surface area contributed by atoms with Crippen molar-refractivity contribution in [2.45, 2.75) is 57.7 Å². The van der Waals surface area contributed by atoms with E-state index in [2.05, 4.69) is 43.2 Å². The lowest BCUT2D eigenvalue weighted by molar-refractivity contribution is 0.173. The Hall–Kier alpha value is -1.06. The van der Waals surface area contributed by atoms with Gasteiger partial charge in [0.05, 0.1) is 7.11 Å². The first kappa shape index (κ1) is 16.3. The zero-order valence-corrected chi connectivity index (χ0v) is 13.9.